The SMILES string of the molecule is [C-]#[N+]C1=C[C@@]2(C)c3nc(-c4cccnc4)nc(C)c3CC[C@@H]2[C@@H](C)C1=O.[C-]#[N+]C1=C[C@@]2(C)c3nc(-c4ccnc(F)c4)nc(C)c3CC[C@@H]2[C@@H](C)C1=O.[C-]#[N+]C1=C[C@@]2(C)c3nc(-c4ccnc5ccccc45)nc(OC)c3CC[C@@H]2[C@@H](C)C1=O.[C-]#[N+]C1=C[C@@]2(C)c3nc(Nc4ccncc4)nc(C)c3CC[C@@H]2[C@@H](C)C1=O.[C-]#[N+]C1=C[C@@]2(C)c3ncnc(-c4ccccc4)c3CC[C@@H]2[C@@H](C)C1=O. The zero-order valence-corrected chi connectivity index (χ0v) is 78.3. The molecule has 0 unspecified atom stereocenters. The Morgan fingerprint density at radius 2 is 0.801 bits per heavy atom. The maximum atomic E-state index is 13.6. The summed E-state index contributed by atoms with van der Waals surface area (Å²) in [5, 5.41) is 4.21. The minimum atomic E-state index is -0.581. The first-order valence-electron chi connectivity index (χ1n) is 46.0. The lowest BCUT2D eigenvalue weighted by atomic mass is 9.58. The predicted octanol–water partition coefficient (Wildman–Crippen LogP) is 19.8. The van der Waals surface area contributed by atoms with Crippen molar-refractivity contribution in [2.45, 2.75) is 181 Å². The summed E-state index contributed by atoms with van der Waals surface area (Å²) < 4.78 is 19.3. The van der Waals surface area contributed by atoms with E-state index >= 15 is 0 Å². The number of nitrogens with zero attached hydrogens (tertiary/aromatic N) is 19. The Balaban J connectivity index is 0.000000118. The van der Waals surface area contributed by atoms with E-state index in [2.05, 4.69) is 109 Å². The molecule has 21 rings (SSSR count). The second-order valence-corrected chi connectivity index (χ2v) is 38.1. The first-order valence-corrected chi connectivity index (χ1v) is 46.0. The van der Waals surface area contributed by atoms with Crippen LogP contribution in [0.1, 0.15) is 175 Å². The third-order valence-electron chi connectivity index (χ3n) is 30.6. The fourth-order valence-corrected chi connectivity index (χ4v) is 23.5. The lowest BCUT2D eigenvalue weighted by molar-refractivity contribution is -0.122. The molecule has 136 heavy (non-hydrogen) atoms. The molecule has 0 bridgehead atoms. The number of anilines is 2. The number of allylic oxidation sites excluding steroid dienone is 10. The lowest BCUT2D eigenvalue weighted by Gasteiger charge is -2.46. The number of para-hydroxylation sites is 1. The summed E-state index contributed by atoms with van der Waals surface area (Å²) in [5.74, 6) is 1.60. The highest BCUT2D eigenvalue weighted by Crippen LogP contribution is 2.57. The van der Waals surface area contributed by atoms with Crippen molar-refractivity contribution < 1.29 is 33.1 Å². The molecule has 0 fully saturated rings. The first kappa shape index (κ1) is 92.6. The molecule has 26 nitrogen and oxygen atoms in total. The highest BCUT2D eigenvalue weighted by molar-refractivity contribution is 6.03. The third-order valence-corrected chi connectivity index (χ3v) is 30.6. The Hall–Kier alpha value is -15.3. The van der Waals surface area contributed by atoms with Crippen LogP contribution in [-0.4, -0.2) is 106 Å². The number of benzene rings is 2. The third kappa shape index (κ3) is 16.1. The molecule has 2 aromatic carbocycles. The number of fused-ring (bicyclic) bond motifs is 16. The highest BCUT2D eigenvalue weighted by atomic mass is 19.1. The van der Waals surface area contributed by atoms with Gasteiger partial charge in [-0.2, -0.15) is 9.37 Å². The molecule has 0 spiro atoms. The van der Waals surface area contributed by atoms with Gasteiger partial charge in [0.15, 0.2) is 46.4 Å². The number of rotatable bonds is 7. The summed E-state index contributed by atoms with van der Waals surface area (Å²) >= 11 is 0. The van der Waals surface area contributed by atoms with Crippen LogP contribution in [0.25, 0.3) is 80.5 Å². The number of nitrogens with one attached hydrogen (secondary N) is 1. The molecule has 9 heterocycles. The van der Waals surface area contributed by atoms with Gasteiger partial charge in [0.2, 0.25) is 46.3 Å². The van der Waals surface area contributed by atoms with Gasteiger partial charge in [0.25, 0.3) is 0 Å². The minimum absolute atomic E-state index is 0.0294. The Bertz CT molecular complexity index is 7200. The summed E-state index contributed by atoms with van der Waals surface area (Å²) in [5.41, 5.74) is 17.7. The fourth-order valence-electron chi connectivity index (χ4n) is 23.5. The van der Waals surface area contributed by atoms with Gasteiger partial charge in [0, 0.05) is 161 Å². The summed E-state index contributed by atoms with van der Waals surface area (Å²) in [4.78, 5) is 144. The monoisotopic (exact) mass is 1800 g/mol. The van der Waals surface area contributed by atoms with E-state index in [1.807, 2.05) is 159 Å². The lowest BCUT2D eigenvalue weighted by Crippen LogP contribution is -2.46. The second kappa shape index (κ2) is 36.6. The van der Waals surface area contributed by atoms with Crippen LogP contribution in [-0.2, 0) is 83.2 Å². The van der Waals surface area contributed by atoms with Gasteiger partial charge in [0.05, 0.1) is 79.7 Å². The van der Waals surface area contributed by atoms with Crippen LogP contribution in [0, 0.1) is 119 Å². The molecule has 0 amide bonds. The molecule has 15 atom stereocenters. The maximum Gasteiger partial charge on any atom is 0.227 e. The number of halogens is 1. The van der Waals surface area contributed by atoms with Crippen LogP contribution in [0.3, 0.4) is 0 Å². The number of aromatic nitrogens is 14. The van der Waals surface area contributed by atoms with Gasteiger partial charge in [-0.1, -0.05) is 148 Å². The molecule has 680 valence electrons. The molecule has 0 saturated heterocycles. The smallest absolute Gasteiger partial charge is 0.227 e. The number of ketones is 5. The number of carbonyl (C=O) groups is 5. The first-order chi connectivity index (χ1) is 65.3. The predicted molar refractivity (Wildman–Crippen MR) is 511 cm³/mol. The van der Waals surface area contributed by atoms with Gasteiger partial charge in [-0.05, 0) is 174 Å². The van der Waals surface area contributed by atoms with E-state index in [-0.39, 0.29) is 117 Å². The molecule has 0 radical (unpaired) electrons. The molecule has 11 aromatic rings. The number of aryl methyl sites for hydroxylation is 3. The van der Waals surface area contributed by atoms with Crippen LogP contribution >= 0.6 is 0 Å². The van der Waals surface area contributed by atoms with E-state index in [9.17, 15) is 28.4 Å². The summed E-state index contributed by atoms with van der Waals surface area (Å²) in [6.07, 6.45) is 29.4. The molecule has 9 aromatic heterocycles. The molecule has 27 heteroatoms. The number of hydrogen-bond acceptors (Lipinski definition) is 21. The largest absolute Gasteiger partial charge is 0.481 e. The van der Waals surface area contributed by atoms with Gasteiger partial charge in [-0.25, -0.2) is 74.1 Å². The molecule has 10 aliphatic rings. The topological polar surface area (TPSA) is 309 Å². The number of hydrogen-bond donors (Lipinski definition) is 1. The molecule has 0 saturated carbocycles. The van der Waals surface area contributed by atoms with Crippen molar-refractivity contribution in [3.63, 3.8) is 0 Å². The quantitative estimate of drug-likeness (QED) is 0.114. The second-order valence-electron chi connectivity index (χ2n) is 38.1. The number of pyridine rings is 4. The van der Waals surface area contributed by atoms with Crippen molar-refractivity contribution in [1.29, 1.82) is 0 Å². The van der Waals surface area contributed by atoms with Crippen molar-refractivity contribution in [3.05, 3.63) is 336 Å². The molecule has 1 N–H and O–H groups in total. The van der Waals surface area contributed by atoms with Gasteiger partial charge in [-0.15, -0.1) is 0 Å². The number of carbonyl (C=O) groups excluding carboxylic acids is 5. The average molecular weight is 1810 g/mol. The maximum absolute atomic E-state index is 13.6. The van der Waals surface area contributed by atoms with Crippen LogP contribution in [0.4, 0.5) is 16.0 Å². The van der Waals surface area contributed by atoms with Crippen molar-refractivity contribution in [3.8, 4) is 51.3 Å². The van der Waals surface area contributed by atoms with Crippen LogP contribution in [0.5, 0.6) is 5.88 Å². The van der Waals surface area contributed by atoms with E-state index in [1.165, 1.54) is 12.3 Å². The van der Waals surface area contributed by atoms with Crippen molar-refractivity contribution in [2.75, 3.05) is 12.4 Å². The Morgan fingerprint density at radius 3 is 1.26 bits per heavy atom. The molecular weight excluding hydrogens is 1700 g/mol. The minimum Gasteiger partial charge on any atom is -0.481 e. The van der Waals surface area contributed by atoms with Gasteiger partial charge >= 0.3 is 0 Å². The van der Waals surface area contributed by atoms with Crippen molar-refractivity contribution in [2.24, 2.45) is 59.2 Å². The van der Waals surface area contributed by atoms with Crippen LogP contribution < -0.4 is 10.1 Å². The van der Waals surface area contributed by atoms with Gasteiger partial charge < -0.3 is 34.0 Å². The number of ether oxygens (including phenoxy) is 1. The Morgan fingerprint density at radius 1 is 0.390 bits per heavy atom. The molecular formula is C109H101FN20O6. The van der Waals surface area contributed by atoms with E-state index in [0.717, 1.165) is 177 Å². The van der Waals surface area contributed by atoms with Gasteiger partial charge in [-0.3, -0.25) is 15.0 Å². The van der Waals surface area contributed by atoms with Crippen LogP contribution in [0.15, 0.2) is 199 Å². The number of Topliss-reactive ketones (excluding diaryl/α,β-unsaturated/α-hetero) is 5. The number of methoxy groups -OCH3 is 1. The summed E-state index contributed by atoms with van der Waals surface area (Å²) in [6.45, 7) is 63.2. The van der Waals surface area contributed by atoms with E-state index in [4.69, 9.17) is 67.5 Å². The Kier molecular flexibility index (Phi) is 24.9. The summed E-state index contributed by atoms with van der Waals surface area (Å²) in [6, 6.07) is 30.5. The van der Waals surface area contributed by atoms with Crippen molar-refractivity contribution >= 4 is 51.5 Å². The fraction of sp³-hybridized carbons (Fsp3) is 0.358. The zero-order valence-electron chi connectivity index (χ0n) is 78.3. The molecule has 0 aliphatic heterocycles. The van der Waals surface area contributed by atoms with E-state index in [1.54, 1.807) is 56.6 Å². The summed E-state index contributed by atoms with van der Waals surface area (Å²) in [7, 11) is 1.62. The van der Waals surface area contributed by atoms with E-state index in [0.29, 0.717) is 34.9 Å². The average Bonchev–Trinajstić information content (AvgIpc) is 0.739. The standard InChI is InChI=1S/C25H22N4O2.C21H19FN4O.C21H21N5O.C21H20N4O.C21H19N3O/c1-14-18-10-9-17-22(25(18,2)13-20(26-3)21(14)30)28-23(29-24(17)31-4)16-11-12-27-19-8-6-5-7-15(16)19;1-11-15-6-5-14-12(2)25-20(13-7-8-24-17(22)9-13)26-19(14)21(15,3)10-16(23-4)18(11)27;1-12-16-6-5-15-13(2)24-20(25-14-7-9-23-10-8-14)26-19(15)21(16,3)11-17(22-4)18(12)27;1-12-16-8-7-15-13(2)24-20(14-6-5-9-23-11-14)25-19(15)21(16,3)10-17(22-4)18(12)26;1-13-16-10-9-15-18(14-7-5-4-6-8-14)23-12-24-20(15)21(16,2)11-17(22-3)19(13)25/h5-8,11-14,18H,9-10H2,1-2,4H3;7-11,15H,5-6H2,1-3H3;7-12,16H,5-6H2,1-3H3,(H,23,24,25,26);5-6,9-12,16H,7-8H2,1-3H3;4-8,11-13,16H,9-10H2,1-2H3/t14-,18-,25-;11-,15-,21-;2*12-,16-,21-;13-,16-,21-/m11111/s1. The van der Waals surface area contributed by atoms with E-state index < -0.39 is 33.0 Å². The highest BCUT2D eigenvalue weighted by Gasteiger charge is 2.55. The van der Waals surface area contributed by atoms with Gasteiger partial charge in [0.1, 0.15) is 6.33 Å². The van der Waals surface area contributed by atoms with Crippen molar-refractivity contribution in [1.82, 2.24) is 69.8 Å². The zero-order chi connectivity index (χ0) is 96.4. The Labute approximate surface area is 789 Å². The normalized spacial score (nSPS) is 26.5. The molecule has 10 aliphatic carbocycles. The van der Waals surface area contributed by atoms with Crippen LogP contribution in [0.2, 0.25) is 0 Å².